The summed E-state index contributed by atoms with van der Waals surface area (Å²) >= 11 is 6.13. The van der Waals surface area contributed by atoms with Crippen LogP contribution in [0.1, 0.15) is 12.5 Å². The van der Waals surface area contributed by atoms with Crippen molar-refractivity contribution >= 4 is 11.6 Å². The zero-order valence-corrected chi connectivity index (χ0v) is 12.0. The van der Waals surface area contributed by atoms with E-state index in [1.807, 2.05) is 12.1 Å². The number of ether oxygens (including phenoxy) is 3. The smallest absolute Gasteiger partial charge is 0.179 e. The van der Waals surface area contributed by atoms with Crippen molar-refractivity contribution in [3.63, 3.8) is 0 Å². The Morgan fingerprint density at radius 3 is 2.50 bits per heavy atom. The van der Waals surface area contributed by atoms with E-state index in [4.69, 9.17) is 25.8 Å². The van der Waals surface area contributed by atoms with E-state index < -0.39 is 0 Å². The Morgan fingerprint density at radius 2 is 1.94 bits per heavy atom. The summed E-state index contributed by atoms with van der Waals surface area (Å²) in [5, 5.41) is 3.88. The molecule has 0 radical (unpaired) electrons. The number of halogens is 1. The van der Waals surface area contributed by atoms with Gasteiger partial charge in [0.25, 0.3) is 0 Å². The van der Waals surface area contributed by atoms with E-state index in [0.29, 0.717) is 29.7 Å². The van der Waals surface area contributed by atoms with Gasteiger partial charge < -0.3 is 19.5 Å². The Labute approximate surface area is 113 Å². The molecule has 0 aromatic heterocycles. The number of nitrogens with one attached hydrogen (secondary N) is 1. The molecule has 0 fully saturated rings. The summed E-state index contributed by atoms with van der Waals surface area (Å²) in [4.78, 5) is 0. The van der Waals surface area contributed by atoms with E-state index in [1.165, 1.54) is 0 Å². The number of hydrogen-bond donors (Lipinski definition) is 1. The van der Waals surface area contributed by atoms with Crippen LogP contribution in [-0.2, 0) is 11.3 Å². The molecule has 1 aromatic rings. The first kappa shape index (κ1) is 15.1. The fourth-order valence-corrected chi connectivity index (χ4v) is 1.98. The predicted octanol–water partition coefficient (Wildman–Crippen LogP) is 2.48. The summed E-state index contributed by atoms with van der Waals surface area (Å²) in [6.45, 7) is 3.43. The van der Waals surface area contributed by atoms with Crippen LogP contribution in [0.25, 0.3) is 0 Å². The van der Waals surface area contributed by atoms with Crippen LogP contribution in [0.5, 0.6) is 11.5 Å². The van der Waals surface area contributed by atoms with Gasteiger partial charge in [-0.3, -0.25) is 0 Å². The van der Waals surface area contributed by atoms with Crippen LogP contribution in [-0.4, -0.2) is 34.0 Å². The number of hydrogen-bond acceptors (Lipinski definition) is 4. The van der Waals surface area contributed by atoms with Crippen molar-refractivity contribution in [2.75, 3.05) is 27.9 Å². The van der Waals surface area contributed by atoms with Gasteiger partial charge in [-0.05, 0) is 24.6 Å². The maximum absolute atomic E-state index is 6.13. The van der Waals surface area contributed by atoms with Crippen LogP contribution in [0.2, 0.25) is 5.02 Å². The Balaban J connectivity index is 2.75. The van der Waals surface area contributed by atoms with Crippen molar-refractivity contribution in [3.8, 4) is 11.5 Å². The molecule has 0 heterocycles. The van der Waals surface area contributed by atoms with Crippen molar-refractivity contribution in [3.05, 3.63) is 22.7 Å². The Kier molecular flexibility index (Phi) is 6.25. The normalized spacial score (nSPS) is 12.3. The van der Waals surface area contributed by atoms with E-state index in [9.17, 15) is 0 Å². The molecule has 0 aliphatic carbocycles. The Morgan fingerprint density at radius 1 is 1.22 bits per heavy atom. The lowest BCUT2D eigenvalue weighted by Crippen LogP contribution is -2.29. The predicted molar refractivity (Wildman–Crippen MR) is 72.7 cm³/mol. The molecule has 0 aliphatic rings. The van der Waals surface area contributed by atoms with Crippen molar-refractivity contribution < 1.29 is 14.2 Å². The van der Waals surface area contributed by atoms with Crippen LogP contribution in [0.15, 0.2) is 12.1 Å². The second-order valence-electron chi connectivity index (χ2n) is 4.05. The SMILES string of the molecule is COCC(C)NCc1cc(Cl)c(OC)c(OC)c1. The minimum Gasteiger partial charge on any atom is -0.493 e. The lowest BCUT2D eigenvalue weighted by Gasteiger charge is -2.15. The van der Waals surface area contributed by atoms with E-state index in [-0.39, 0.29) is 6.04 Å². The molecule has 0 amide bonds. The number of benzene rings is 1. The van der Waals surface area contributed by atoms with E-state index in [1.54, 1.807) is 21.3 Å². The van der Waals surface area contributed by atoms with Gasteiger partial charge in [0.1, 0.15) is 0 Å². The van der Waals surface area contributed by atoms with Gasteiger partial charge in [-0.15, -0.1) is 0 Å². The van der Waals surface area contributed by atoms with Gasteiger partial charge in [0.15, 0.2) is 11.5 Å². The van der Waals surface area contributed by atoms with Crippen LogP contribution in [0.3, 0.4) is 0 Å². The molecule has 1 unspecified atom stereocenters. The van der Waals surface area contributed by atoms with Crippen LogP contribution >= 0.6 is 11.6 Å². The molecule has 1 aromatic carbocycles. The third-order valence-corrected chi connectivity index (χ3v) is 2.85. The quantitative estimate of drug-likeness (QED) is 0.829. The van der Waals surface area contributed by atoms with Crippen molar-refractivity contribution in [2.45, 2.75) is 19.5 Å². The molecule has 0 aliphatic heterocycles. The van der Waals surface area contributed by atoms with Crippen LogP contribution in [0, 0.1) is 0 Å². The summed E-state index contributed by atoms with van der Waals surface area (Å²) in [5.74, 6) is 1.20. The fourth-order valence-electron chi connectivity index (χ4n) is 1.67. The van der Waals surface area contributed by atoms with Gasteiger partial charge in [-0.1, -0.05) is 11.6 Å². The molecule has 0 bridgehead atoms. The molecule has 1 N–H and O–H groups in total. The van der Waals surface area contributed by atoms with Crippen molar-refractivity contribution in [1.82, 2.24) is 5.32 Å². The lowest BCUT2D eigenvalue weighted by atomic mass is 10.2. The van der Waals surface area contributed by atoms with Gasteiger partial charge in [0.2, 0.25) is 0 Å². The van der Waals surface area contributed by atoms with Gasteiger partial charge in [0.05, 0.1) is 25.8 Å². The summed E-state index contributed by atoms with van der Waals surface area (Å²) in [6, 6.07) is 4.06. The van der Waals surface area contributed by atoms with E-state index >= 15 is 0 Å². The molecule has 1 rings (SSSR count). The minimum atomic E-state index is 0.280. The first-order valence-corrected chi connectivity index (χ1v) is 6.12. The molecule has 4 nitrogen and oxygen atoms in total. The standard InChI is InChI=1S/C13H20ClNO3/c1-9(8-16-2)15-7-10-5-11(14)13(18-4)12(6-10)17-3/h5-6,9,15H,7-8H2,1-4H3. The minimum absolute atomic E-state index is 0.280. The molecular weight excluding hydrogens is 254 g/mol. The summed E-state index contributed by atoms with van der Waals surface area (Å²) < 4.78 is 15.5. The van der Waals surface area contributed by atoms with Crippen LogP contribution in [0.4, 0.5) is 0 Å². The first-order chi connectivity index (χ1) is 8.62. The van der Waals surface area contributed by atoms with Gasteiger partial charge in [-0.25, -0.2) is 0 Å². The molecule has 0 spiro atoms. The molecule has 18 heavy (non-hydrogen) atoms. The maximum Gasteiger partial charge on any atom is 0.179 e. The largest absolute Gasteiger partial charge is 0.493 e. The summed E-state index contributed by atoms with van der Waals surface area (Å²) in [6.07, 6.45) is 0. The zero-order chi connectivity index (χ0) is 13.5. The highest BCUT2D eigenvalue weighted by Gasteiger charge is 2.11. The second-order valence-corrected chi connectivity index (χ2v) is 4.46. The molecule has 5 heteroatoms. The summed E-state index contributed by atoms with van der Waals surface area (Å²) in [7, 11) is 4.85. The highest BCUT2D eigenvalue weighted by Crippen LogP contribution is 2.35. The van der Waals surface area contributed by atoms with E-state index in [2.05, 4.69) is 12.2 Å². The third-order valence-electron chi connectivity index (χ3n) is 2.56. The average Bonchev–Trinajstić information content (AvgIpc) is 2.36. The molecule has 0 saturated heterocycles. The highest BCUT2D eigenvalue weighted by molar-refractivity contribution is 6.32. The topological polar surface area (TPSA) is 39.7 Å². The number of rotatable bonds is 7. The maximum atomic E-state index is 6.13. The Hall–Kier alpha value is -0.970. The average molecular weight is 274 g/mol. The number of methoxy groups -OCH3 is 3. The lowest BCUT2D eigenvalue weighted by molar-refractivity contribution is 0.171. The molecular formula is C13H20ClNO3. The fraction of sp³-hybridized carbons (Fsp3) is 0.538. The van der Waals surface area contributed by atoms with Crippen molar-refractivity contribution in [2.24, 2.45) is 0 Å². The first-order valence-electron chi connectivity index (χ1n) is 5.75. The molecule has 102 valence electrons. The van der Waals surface area contributed by atoms with Gasteiger partial charge in [-0.2, -0.15) is 0 Å². The molecule has 0 saturated carbocycles. The van der Waals surface area contributed by atoms with E-state index in [0.717, 1.165) is 5.56 Å². The zero-order valence-electron chi connectivity index (χ0n) is 11.2. The Bertz CT molecular complexity index is 385. The van der Waals surface area contributed by atoms with Gasteiger partial charge >= 0.3 is 0 Å². The van der Waals surface area contributed by atoms with Crippen molar-refractivity contribution in [1.29, 1.82) is 0 Å². The summed E-state index contributed by atoms with van der Waals surface area (Å²) in [5.41, 5.74) is 1.04. The second kappa shape index (κ2) is 7.46. The highest BCUT2D eigenvalue weighted by atomic mass is 35.5. The monoisotopic (exact) mass is 273 g/mol. The van der Waals surface area contributed by atoms with Gasteiger partial charge in [0, 0.05) is 19.7 Å². The van der Waals surface area contributed by atoms with Crippen LogP contribution < -0.4 is 14.8 Å². The molecule has 1 atom stereocenters. The third kappa shape index (κ3) is 4.05.